The van der Waals surface area contributed by atoms with E-state index < -0.39 is 10.0 Å². The lowest BCUT2D eigenvalue weighted by Crippen LogP contribution is -2.52. The molecule has 5 nitrogen and oxygen atoms in total. The monoisotopic (exact) mass is 323 g/mol. The number of hydrogen-bond donors (Lipinski definition) is 0. The molecule has 1 aromatic carbocycles. The molecule has 6 heteroatoms. The average Bonchev–Trinajstić information content (AvgIpc) is 2.94. The summed E-state index contributed by atoms with van der Waals surface area (Å²) >= 11 is 0. The smallest absolute Gasteiger partial charge is 0.243 e. The van der Waals surface area contributed by atoms with Gasteiger partial charge >= 0.3 is 0 Å². The average molecular weight is 323 g/mol. The molecule has 22 heavy (non-hydrogen) atoms. The van der Waals surface area contributed by atoms with Crippen molar-refractivity contribution in [1.29, 1.82) is 0 Å². The van der Waals surface area contributed by atoms with Crippen LogP contribution in [0.2, 0.25) is 0 Å². The third kappa shape index (κ3) is 2.83. The van der Waals surface area contributed by atoms with Crippen LogP contribution in [0.1, 0.15) is 24.8 Å². The summed E-state index contributed by atoms with van der Waals surface area (Å²) in [5.74, 6) is -0.0554. The highest BCUT2D eigenvalue weighted by Crippen LogP contribution is 2.32. The molecule has 1 aliphatic carbocycles. The van der Waals surface area contributed by atoms with Gasteiger partial charge in [-0.3, -0.25) is 4.79 Å². The van der Waals surface area contributed by atoms with E-state index in [1.165, 1.54) is 4.31 Å². The highest BCUT2D eigenvalue weighted by Gasteiger charge is 2.42. The molecule has 0 N–H and O–H groups in total. The maximum atomic E-state index is 12.9. The van der Waals surface area contributed by atoms with Crippen LogP contribution in [0.4, 0.5) is 0 Å². The van der Waals surface area contributed by atoms with Gasteiger partial charge in [-0.15, -0.1) is 0 Å². The molecule has 1 aliphatic heterocycles. The zero-order valence-corrected chi connectivity index (χ0v) is 13.5. The van der Waals surface area contributed by atoms with Crippen LogP contribution < -0.4 is 0 Å². The van der Waals surface area contributed by atoms with Crippen molar-refractivity contribution in [2.75, 3.05) is 19.8 Å². The fraction of sp³-hybridized carbons (Fsp3) is 0.562. The fourth-order valence-corrected chi connectivity index (χ4v) is 4.95. The van der Waals surface area contributed by atoms with Gasteiger partial charge < -0.3 is 4.74 Å². The minimum atomic E-state index is -3.59. The summed E-state index contributed by atoms with van der Waals surface area (Å²) in [6.07, 6.45) is 2.16. The molecular weight excluding hydrogens is 302 g/mol. The van der Waals surface area contributed by atoms with E-state index in [4.69, 9.17) is 4.74 Å². The SMILES string of the molecule is Cc1ccc(S(=O)(=O)N2CCOC[C@@H]2[C@H]2CCCC2=O)cc1. The highest BCUT2D eigenvalue weighted by atomic mass is 32.2. The van der Waals surface area contributed by atoms with Gasteiger partial charge in [0.2, 0.25) is 10.0 Å². The number of hydrogen-bond acceptors (Lipinski definition) is 4. The van der Waals surface area contributed by atoms with E-state index in [1.54, 1.807) is 24.3 Å². The molecule has 3 rings (SSSR count). The number of ketones is 1. The summed E-state index contributed by atoms with van der Waals surface area (Å²) in [6.45, 7) is 2.92. The number of rotatable bonds is 3. The van der Waals surface area contributed by atoms with Crippen molar-refractivity contribution in [2.24, 2.45) is 5.92 Å². The molecule has 0 radical (unpaired) electrons. The molecule has 0 amide bonds. The van der Waals surface area contributed by atoms with Crippen LogP contribution >= 0.6 is 0 Å². The second kappa shape index (κ2) is 6.10. The van der Waals surface area contributed by atoms with Crippen molar-refractivity contribution < 1.29 is 17.9 Å². The number of carbonyl (C=O) groups excluding carboxylic acids is 1. The van der Waals surface area contributed by atoms with E-state index in [9.17, 15) is 13.2 Å². The van der Waals surface area contributed by atoms with Gasteiger partial charge in [0.15, 0.2) is 0 Å². The van der Waals surface area contributed by atoms with E-state index >= 15 is 0 Å². The number of ether oxygens (including phenoxy) is 1. The standard InChI is InChI=1S/C16H21NO4S/c1-12-5-7-13(8-6-12)22(19,20)17-9-10-21-11-15(17)14-3-2-4-16(14)18/h5-8,14-15H,2-4,9-11H2,1H3/t14-,15-/m1/s1. The molecular formula is C16H21NO4S. The lowest BCUT2D eigenvalue weighted by Gasteiger charge is -2.37. The van der Waals surface area contributed by atoms with Crippen molar-refractivity contribution in [1.82, 2.24) is 4.31 Å². The Morgan fingerprint density at radius 1 is 1.23 bits per heavy atom. The molecule has 0 aromatic heterocycles. The topological polar surface area (TPSA) is 63.7 Å². The maximum Gasteiger partial charge on any atom is 0.243 e. The molecule has 2 atom stereocenters. The predicted molar refractivity (Wildman–Crippen MR) is 82.0 cm³/mol. The zero-order valence-electron chi connectivity index (χ0n) is 12.7. The summed E-state index contributed by atoms with van der Waals surface area (Å²) in [7, 11) is -3.59. The minimum Gasteiger partial charge on any atom is -0.378 e. The van der Waals surface area contributed by atoms with Crippen molar-refractivity contribution in [3.8, 4) is 0 Å². The molecule has 2 aliphatic rings. The normalized spacial score (nSPS) is 27.2. The Bertz CT molecular complexity index is 653. The molecule has 1 aromatic rings. The first-order chi connectivity index (χ1) is 10.5. The van der Waals surface area contributed by atoms with E-state index in [1.807, 2.05) is 6.92 Å². The second-order valence-electron chi connectivity index (χ2n) is 6.04. The summed E-state index contributed by atoms with van der Waals surface area (Å²) in [5.41, 5.74) is 1.02. The van der Waals surface area contributed by atoms with Gasteiger partial charge in [-0.1, -0.05) is 17.7 Å². The van der Waals surface area contributed by atoms with Gasteiger partial charge in [0.05, 0.1) is 24.2 Å². The van der Waals surface area contributed by atoms with Crippen molar-refractivity contribution >= 4 is 15.8 Å². The molecule has 0 unspecified atom stereocenters. The van der Waals surface area contributed by atoms with E-state index in [-0.39, 0.29) is 22.6 Å². The largest absolute Gasteiger partial charge is 0.378 e. The highest BCUT2D eigenvalue weighted by molar-refractivity contribution is 7.89. The summed E-state index contributed by atoms with van der Waals surface area (Å²) < 4.78 is 32.8. The number of nitrogens with zero attached hydrogens (tertiary/aromatic N) is 1. The molecule has 0 bridgehead atoms. The van der Waals surface area contributed by atoms with Crippen molar-refractivity contribution in [3.05, 3.63) is 29.8 Å². The number of Topliss-reactive ketones (excluding diaryl/α,β-unsaturated/α-hetero) is 1. The lowest BCUT2D eigenvalue weighted by atomic mass is 9.97. The second-order valence-corrected chi connectivity index (χ2v) is 7.93. The molecule has 1 saturated heterocycles. The van der Waals surface area contributed by atoms with Crippen molar-refractivity contribution in [3.63, 3.8) is 0 Å². The van der Waals surface area contributed by atoms with Crippen molar-refractivity contribution in [2.45, 2.75) is 37.1 Å². The van der Waals surface area contributed by atoms with Gasteiger partial charge in [0.25, 0.3) is 0 Å². The molecule has 1 saturated carbocycles. The summed E-state index contributed by atoms with van der Waals surface area (Å²) in [5, 5.41) is 0. The molecule has 120 valence electrons. The summed E-state index contributed by atoms with van der Waals surface area (Å²) in [6, 6.07) is 6.49. The van der Waals surface area contributed by atoms with E-state index in [2.05, 4.69) is 0 Å². The summed E-state index contributed by atoms with van der Waals surface area (Å²) in [4.78, 5) is 12.3. The Balaban J connectivity index is 1.92. The van der Waals surface area contributed by atoms with Gasteiger partial charge in [-0.2, -0.15) is 4.31 Å². The Hall–Kier alpha value is -1.24. The van der Waals surface area contributed by atoms with Crippen LogP contribution in [0.5, 0.6) is 0 Å². The fourth-order valence-electron chi connectivity index (χ4n) is 3.32. The van der Waals surface area contributed by atoms with Gasteiger partial charge in [-0.25, -0.2) is 8.42 Å². The van der Waals surface area contributed by atoms with E-state index in [0.717, 1.165) is 18.4 Å². The molecule has 1 heterocycles. The molecule has 0 spiro atoms. The van der Waals surface area contributed by atoms with Gasteiger partial charge in [-0.05, 0) is 31.9 Å². The predicted octanol–water partition coefficient (Wildman–Crippen LogP) is 1.75. The Kier molecular flexibility index (Phi) is 4.34. The quantitative estimate of drug-likeness (QED) is 0.850. The zero-order chi connectivity index (χ0) is 15.7. The van der Waals surface area contributed by atoms with Crippen LogP contribution in [-0.2, 0) is 19.6 Å². The first-order valence-electron chi connectivity index (χ1n) is 7.69. The number of aryl methyl sites for hydroxylation is 1. The van der Waals surface area contributed by atoms with E-state index in [0.29, 0.717) is 26.2 Å². The Morgan fingerprint density at radius 2 is 1.95 bits per heavy atom. The van der Waals surface area contributed by atoms with Crippen LogP contribution in [0.15, 0.2) is 29.2 Å². The Labute approximate surface area is 131 Å². The molecule has 2 fully saturated rings. The number of carbonyl (C=O) groups is 1. The Morgan fingerprint density at radius 3 is 2.59 bits per heavy atom. The first kappa shape index (κ1) is 15.6. The van der Waals surface area contributed by atoms with Gasteiger partial charge in [0, 0.05) is 18.9 Å². The lowest BCUT2D eigenvalue weighted by molar-refractivity contribution is -0.123. The minimum absolute atomic E-state index is 0.166. The van der Waals surface area contributed by atoms with Crippen LogP contribution in [0, 0.1) is 12.8 Å². The number of sulfonamides is 1. The third-order valence-corrected chi connectivity index (χ3v) is 6.50. The maximum absolute atomic E-state index is 12.9. The van der Waals surface area contributed by atoms with Crippen LogP contribution in [0.3, 0.4) is 0 Å². The number of morpholine rings is 1. The van der Waals surface area contributed by atoms with Crippen LogP contribution in [0.25, 0.3) is 0 Å². The van der Waals surface area contributed by atoms with Gasteiger partial charge in [0.1, 0.15) is 5.78 Å². The third-order valence-electron chi connectivity index (χ3n) is 4.56. The van der Waals surface area contributed by atoms with Crippen LogP contribution in [-0.4, -0.2) is 44.3 Å². The number of benzene rings is 1. The first-order valence-corrected chi connectivity index (χ1v) is 9.13.